The van der Waals surface area contributed by atoms with Crippen LogP contribution >= 0.6 is 0 Å². The van der Waals surface area contributed by atoms with Gasteiger partial charge in [0.05, 0.1) is 19.3 Å². The fourth-order valence-electron chi connectivity index (χ4n) is 3.47. The minimum atomic E-state index is -0.590. The lowest BCUT2D eigenvalue weighted by Crippen LogP contribution is -2.44. The van der Waals surface area contributed by atoms with Crippen molar-refractivity contribution >= 4 is 16.8 Å². The van der Waals surface area contributed by atoms with Crippen LogP contribution in [0, 0.1) is 0 Å². The minimum absolute atomic E-state index is 0.0190. The number of para-hydroxylation sites is 1. The molecule has 2 aliphatic heterocycles. The lowest BCUT2D eigenvalue weighted by atomic mass is 10.1. The van der Waals surface area contributed by atoms with Crippen LogP contribution in [0.1, 0.15) is 12.0 Å². The fraction of sp³-hybridized carbons (Fsp3) is 0.471. The molecular formula is C17H20N2O4. The highest BCUT2D eigenvalue weighted by atomic mass is 16.6. The SMILES string of the molecule is O=C(CCc1c[nH]c2ccccc12)N[C@H]1CO[C@H]2[C@@H]1OC[C@H]2O. The molecule has 0 aliphatic carbocycles. The molecular weight excluding hydrogens is 296 g/mol. The molecule has 2 fully saturated rings. The molecule has 0 radical (unpaired) electrons. The first kappa shape index (κ1) is 14.7. The molecule has 23 heavy (non-hydrogen) atoms. The van der Waals surface area contributed by atoms with E-state index in [1.807, 2.05) is 24.4 Å². The van der Waals surface area contributed by atoms with E-state index >= 15 is 0 Å². The summed E-state index contributed by atoms with van der Waals surface area (Å²) >= 11 is 0. The summed E-state index contributed by atoms with van der Waals surface area (Å²) in [5.74, 6) is -0.0190. The van der Waals surface area contributed by atoms with Crippen molar-refractivity contribution in [3.63, 3.8) is 0 Å². The number of hydrogen-bond acceptors (Lipinski definition) is 4. The van der Waals surface area contributed by atoms with Gasteiger partial charge in [0.2, 0.25) is 5.91 Å². The number of aryl methyl sites for hydroxylation is 1. The van der Waals surface area contributed by atoms with Crippen molar-refractivity contribution in [3.8, 4) is 0 Å². The van der Waals surface area contributed by atoms with Gasteiger partial charge in [-0.3, -0.25) is 4.79 Å². The van der Waals surface area contributed by atoms with Crippen LogP contribution in [-0.2, 0) is 20.7 Å². The van der Waals surface area contributed by atoms with E-state index in [0.29, 0.717) is 19.4 Å². The highest BCUT2D eigenvalue weighted by molar-refractivity contribution is 5.84. The van der Waals surface area contributed by atoms with E-state index in [9.17, 15) is 9.90 Å². The van der Waals surface area contributed by atoms with E-state index in [2.05, 4.69) is 16.4 Å². The number of nitrogens with one attached hydrogen (secondary N) is 2. The summed E-state index contributed by atoms with van der Waals surface area (Å²) < 4.78 is 11.0. The Morgan fingerprint density at radius 1 is 1.26 bits per heavy atom. The molecule has 2 aliphatic rings. The van der Waals surface area contributed by atoms with E-state index in [0.717, 1.165) is 16.5 Å². The highest BCUT2D eigenvalue weighted by Gasteiger charge is 2.47. The third kappa shape index (κ3) is 2.73. The normalized spacial score (nSPS) is 29.8. The minimum Gasteiger partial charge on any atom is -0.388 e. The molecule has 2 aromatic rings. The van der Waals surface area contributed by atoms with Crippen molar-refractivity contribution in [2.45, 2.75) is 37.2 Å². The molecule has 3 heterocycles. The molecule has 2 saturated heterocycles. The fourth-order valence-corrected chi connectivity index (χ4v) is 3.47. The van der Waals surface area contributed by atoms with Gasteiger partial charge in [0.15, 0.2) is 0 Å². The number of ether oxygens (including phenoxy) is 2. The van der Waals surface area contributed by atoms with Gasteiger partial charge in [-0.15, -0.1) is 0 Å². The van der Waals surface area contributed by atoms with Crippen molar-refractivity contribution < 1.29 is 19.4 Å². The predicted octanol–water partition coefficient (Wildman–Crippen LogP) is 0.744. The first-order valence-corrected chi connectivity index (χ1v) is 7.98. The quantitative estimate of drug-likeness (QED) is 0.777. The van der Waals surface area contributed by atoms with Crippen LogP contribution in [0.3, 0.4) is 0 Å². The lowest BCUT2D eigenvalue weighted by molar-refractivity contribution is -0.122. The van der Waals surface area contributed by atoms with E-state index < -0.39 is 6.10 Å². The number of fused-ring (bicyclic) bond motifs is 2. The third-order valence-electron chi connectivity index (χ3n) is 4.67. The van der Waals surface area contributed by atoms with Crippen molar-refractivity contribution in [2.75, 3.05) is 13.2 Å². The van der Waals surface area contributed by atoms with E-state index in [-0.39, 0.29) is 30.8 Å². The first-order valence-electron chi connectivity index (χ1n) is 7.98. The number of aromatic nitrogens is 1. The average Bonchev–Trinajstić information content (AvgIpc) is 3.23. The Morgan fingerprint density at radius 2 is 2.09 bits per heavy atom. The maximum atomic E-state index is 12.2. The maximum Gasteiger partial charge on any atom is 0.220 e. The summed E-state index contributed by atoms with van der Waals surface area (Å²) in [4.78, 5) is 15.4. The number of aliphatic hydroxyl groups is 1. The molecule has 1 amide bonds. The third-order valence-corrected chi connectivity index (χ3v) is 4.67. The summed E-state index contributed by atoms with van der Waals surface area (Å²) in [7, 11) is 0. The highest BCUT2D eigenvalue weighted by Crippen LogP contribution is 2.27. The van der Waals surface area contributed by atoms with E-state index in [4.69, 9.17) is 9.47 Å². The molecule has 0 bridgehead atoms. The van der Waals surface area contributed by atoms with Gasteiger partial charge in [-0.2, -0.15) is 0 Å². The van der Waals surface area contributed by atoms with Gasteiger partial charge in [-0.1, -0.05) is 18.2 Å². The van der Waals surface area contributed by atoms with Gasteiger partial charge in [0.25, 0.3) is 0 Å². The Labute approximate surface area is 133 Å². The van der Waals surface area contributed by atoms with E-state index in [1.165, 1.54) is 0 Å². The van der Waals surface area contributed by atoms with Crippen LogP contribution in [0.25, 0.3) is 10.9 Å². The van der Waals surface area contributed by atoms with Crippen molar-refractivity contribution in [3.05, 3.63) is 36.0 Å². The number of aromatic amines is 1. The number of hydrogen-bond donors (Lipinski definition) is 3. The predicted molar refractivity (Wildman–Crippen MR) is 84.0 cm³/mol. The summed E-state index contributed by atoms with van der Waals surface area (Å²) in [6.07, 6.45) is 1.92. The molecule has 1 aromatic carbocycles. The zero-order chi connectivity index (χ0) is 15.8. The second-order valence-corrected chi connectivity index (χ2v) is 6.20. The standard InChI is InChI=1S/C17H20N2O4/c20-14-9-23-16-13(8-22-17(14)16)19-15(21)6-5-10-7-18-12-4-2-1-3-11(10)12/h1-4,7,13-14,16-18,20H,5-6,8-9H2,(H,19,21)/t13-,14+,16+,17+/m0/s1. The maximum absolute atomic E-state index is 12.2. The van der Waals surface area contributed by atoms with Crippen LogP contribution in [0.2, 0.25) is 0 Å². The van der Waals surface area contributed by atoms with Gasteiger partial charge >= 0.3 is 0 Å². The monoisotopic (exact) mass is 316 g/mol. The Bertz CT molecular complexity index is 713. The molecule has 0 saturated carbocycles. The number of benzene rings is 1. The molecule has 122 valence electrons. The van der Waals surface area contributed by atoms with Gasteiger partial charge in [-0.25, -0.2) is 0 Å². The molecule has 6 nitrogen and oxygen atoms in total. The second-order valence-electron chi connectivity index (χ2n) is 6.20. The number of carbonyl (C=O) groups excluding carboxylic acids is 1. The summed E-state index contributed by atoms with van der Waals surface area (Å²) in [5.41, 5.74) is 2.23. The second kappa shape index (κ2) is 5.96. The van der Waals surface area contributed by atoms with Gasteiger partial charge in [0.1, 0.15) is 18.3 Å². The molecule has 1 aromatic heterocycles. The van der Waals surface area contributed by atoms with E-state index in [1.54, 1.807) is 0 Å². The molecule has 3 N–H and O–H groups in total. The molecule has 6 heteroatoms. The van der Waals surface area contributed by atoms with Gasteiger partial charge in [-0.05, 0) is 18.1 Å². The Morgan fingerprint density at radius 3 is 3.00 bits per heavy atom. The zero-order valence-corrected chi connectivity index (χ0v) is 12.7. The number of amides is 1. The van der Waals surface area contributed by atoms with Crippen LogP contribution in [-0.4, -0.2) is 53.6 Å². The molecule has 0 unspecified atom stereocenters. The number of H-pyrrole nitrogens is 1. The summed E-state index contributed by atoms with van der Waals surface area (Å²) in [5, 5.41) is 13.8. The summed E-state index contributed by atoms with van der Waals surface area (Å²) in [6.45, 7) is 0.669. The Hall–Kier alpha value is -1.89. The van der Waals surface area contributed by atoms with Crippen LogP contribution in [0.15, 0.2) is 30.5 Å². The lowest BCUT2D eigenvalue weighted by Gasteiger charge is -2.17. The van der Waals surface area contributed by atoms with Crippen LogP contribution in [0.4, 0.5) is 0 Å². The van der Waals surface area contributed by atoms with Crippen molar-refractivity contribution in [2.24, 2.45) is 0 Å². The Balaban J connectivity index is 1.34. The van der Waals surface area contributed by atoms with Gasteiger partial charge in [0, 0.05) is 23.5 Å². The smallest absolute Gasteiger partial charge is 0.220 e. The topological polar surface area (TPSA) is 83.6 Å². The molecule has 4 atom stereocenters. The van der Waals surface area contributed by atoms with Crippen molar-refractivity contribution in [1.29, 1.82) is 0 Å². The average molecular weight is 316 g/mol. The largest absolute Gasteiger partial charge is 0.388 e. The zero-order valence-electron chi connectivity index (χ0n) is 12.7. The molecule has 0 spiro atoms. The number of aliphatic hydroxyl groups excluding tert-OH is 1. The Kier molecular flexibility index (Phi) is 3.80. The van der Waals surface area contributed by atoms with Crippen molar-refractivity contribution in [1.82, 2.24) is 10.3 Å². The van der Waals surface area contributed by atoms with Crippen LogP contribution in [0.5, 0.6) is 0 Å². The number of rotatable bonds is 4. The molecule has 4 rings (SSSR count). The first-order chi connectivity index (χ1) is 11.2. The summed E-state index contributed by atoms with van der Waals surface area (Å²) in [6, 6.07) is 7.90. The van der Waals surface area contributed by atoms with Crippen LogP contribution < -0.4 is 5.32 Å². The van der Waals surface area contributed by atoms with Gasteiger partial charge < -0.3 is 24.9 Å². The number of carbonyl (C=O) groups is 1.